The normalized spacial score (nSPS) is 11.7. The third-order valence-corrected chi connectivity index (χ3v) is 1.65. The predicted octanol–water partition coefficient (Wildman–Crippen LogP) is -0.452. The molecule has 0 aliphatic rings. The summed E-state index contributed by atoms with van der Waals surface area (Å²) in [5.74, 6) is 0. The fourth-order valence-corrected chi connectivity index (χ4v) is 0.985. The van der Waals surface area contributed by atoms with Crippen LogP contribution in [0.2, 0.25) is 0 Å². The first-order valence-electron chi connectivity index (χ1n) is 3.88. The second-order valence-corrected chi connectivity index (χ2v) is 2.70. The fraction of sp³-hybridized carbons (Fsp3) is 0.429. The summed E-state index contributed by atoms with van der Waals surface area (Å²) >= 11 is 0. The van der Waals surface area contributed by atoms with E-state index in [2.05, 4.69) is 0 Å². The van der Waals surface area contributed by atoms with E-state index < -0.39 is 29.7 Å². The number of hydrogen-bond acceptors (Lipinski definition) is 3. The van der Waals surface area contributed by atoms with E-state index in [4.69, 9.17) is 5.11 Å². The molecular formula is C7H7F3N2O3. The first kappa shape index (κ1) is 11.5. The van der Waals surface area contributed by atoms with Gasteiger partial charge in [0.1, 0.15) is 5.69 Å². The summed E-state index contributed by atoms with van der Waals surface area (Å²) in [7, 11) is 0. The summed E-state index contributed by atoms with van der Waals surface area (Å²) in [4.78, 5) is 23.5. The second-order valence-electron chi connectivity index (χ2n) is 2.70. The molecule has 1 aromatic heterocycles. The molecule has 0 radical (unpaired) electrons. The van der Waals surface area contributed by atoms with Gasteiger partial charge in [-0.2, -0.15) is 13.2 Å². The Kier molecular flexibility index (Phi) is 2.98. The largest absolute Gasteiger partial charge is 0.431 e. The van der Waals surface area contributed by atoms with Gasteiger partial charge >= 0.3 is 11.9 Å². The SMILES string of the molecule is O=c1cc(C(F)(F)F)[nH]c(=O)n1CCO. The highest BCUT2D eigenvalue weighted by Gasteiger charge is 2.32. The Bertz CT molecular complexity index is 429. The number of alkyl halides is 3. The summed E-state index contributed by atoms with van der Waals surface area (Å²) in [5.41, 5.74) is -3.68. The van der Waals surface area contributed by atoms with Crippen LogP contribution in [-0.4, -0.2) is 21.3 Å². The minimum atomic E-state index is -4.77. The van der Waals surface area contributed by atoms with Gasteiger partial charge < -0.3 is 10.1 Å². The number of hydrogen-bond donors (Lipinski definition) is 2. The van der Waals surface area contributed by atoms with Crippen molar-refractivity contribution in [3.63, 3.8) is 0 Å². The Labute approximate surface area is 80.8 Å². The molecular weight excluding hydrogens is 217 g/mol. The van der Waals surface area contributed by atoms with Crippen LogP contribution in [0.25, 0.3) is 0 Å². The van der Waals surface area contributed by atoms with Gasteiger partial charge in [0.05, 0.1) is 13.2 Å². The van der Waals surface area contributed by atoms with Gasteiger partial charge in [0.15, 0.2) is 0 Å². The topological polar surface area (TPSA) is 75.1 Å². The first-order valence-corrected chi connectivity index (χ1v) is 3.88. The van der Waals surface area contributed by atoms with Gasteiger partial charge in [-0.05, 0) is 0 Å². The monoisotopic (exact) mass is 224 g/mol. The molecule has 1 rings (SSSR count). The van der Waals surface area contributed by atoms with Crippen LogP contribution in [0, 0.1) is 0 Å². The molecule has 84 valence electrons. The maximum Gasteiger partial charge on any atom is 0.431 e. The second kappa shape index (κ2) is 3.89. The number of nitrogens with zero attached hydrogens (tertiary/aromatic N) is 1. The van der Waals surface area contributed by atoms with E-state index in [0.29, 0.717) is 4.57 Å². The highest BCUT2D eigenvalue weighted by molar-refractivity contribution is 5.03. The number of rotatable bonds is 2. The molecule has 2 N–H and O–H groups in total. The quantitative estimate of drug-likeness (QED) is 0.714. The molecule has 0 atom stereocenters. The van der Waals surface area contributed by atoms with E-state index in [0.717, 1.165) is 0 Å². The number of aliphatic hydroxyl groups excluding tert-OH is 1. The zero-order valence-electron chi connectivity index (χ0n) is 7.34. The molecule has 0 fully saturated rings. The lowest BCUT2D eigenvalue weighted by molar-refractivity contribution is -0.141. The van der Waals surface area contributed by atoms with Crippen molar-refractivity contribution in [2.45, 2.75) is 12.7 Å². The maximum atomic E-state index is 12.1. The van der Waals surface area contributed by atoms with Gasteiger partial charge in [-0.1, -0.05) is 0 Å². The molecule has 0 bridgehead atoms. The lowest BCUT2D eigenvalue weighted by atomic mass is 10.4. The molecule has 0 saturated heterocycles. The van der Waals surface area contributed by atoms with Crippen molar-refractivity contribution < 1.29 is 18.3 Å². The van der Waals surface area contributed by atoms with Crippen molar-refractivity contribution in [3.05, 3.63) is 32.6 Å². The number of halogens is 3. The minimum absolute atomic E-state index is 0.275. The first-order chi connectivity index (χ1) is 6.86. The number of aromatic nitrogens is 2. The van der Waals surface area contributed by atoms with Crippen molar-refractivity contribution in [1.82, 2.24) is 9.55 Å². The third kappa shape index (κ3) is 2.46. The van der Waals surface area contributed by atoms with Crippen LogP contribution in [-0.2, 0) is 12.7 Å². The molecule has 0 unspecified atom stereocenters. The molecule has 8 heteroatoms. The number of aliphatic hydroxyl groups is 1. The Hall–Kier alpha value is -1.57. The predicted molar refractivity (Wildman–Crippen MR) is 43.4 cm³/mol. The van der Waals surface area contributed by atoms with Crippen LogP contribution in [0.3, 0.4) is 0 Å². The smallest absolute Gasteiger partial charge is 0.395 e. The molecule has 0 amide bonds. The summed E-state index contributed by atoms with van der Waals surface area (Å²) < 4.78 is 36.8. The number of nitrogens with one attached hydrogen (secondary N) is 1. The van der Waals surface area contributed by atoms with Gasteiger partial charge in [0, 0.05) is 6.07 Å². The number of aromatic amines is 1. The van der Waals surface area contributed by atoms with E-state index in [1.54, 1.807) is 0 Å². The molecule has 0 saturated carbocycles. The standard InChI is InChI=1S/C7H7F3N2O3/c8-7(9,10)4-3-5(14)12(1-2-13)6(15)11-4/h3,13H,1-2H2,(H,11,15). The molecule has 1 aromatic rings. The van der Waals surface area contributed by atoms with Crippen LogP contribution < -0.4 is 11.2 Å². The molecule has 0 aliphatic carbocycles. The fourth-order valence-electron chi connectivity index (χ4n) is 0.985. The Morgan fingerprint density at radius 1 is 1.40 bits per heavy atom. The highest BCUT2D eigenvalue weighted by Crippen LogP contribution is 2.25. The summed E-state index contributed by atoms with van der Waals surface area (Å²) in [5, 5.41) is 8.46. The molecule has 15 heavy (non-hydrogen) atoms. The zero-order valence-corrected chi connectivity index (χ0v) is 7.34. The van der Waals surface area contributed by atoms with E-state index in [1.165, 1.54) is 4.98 Å². The highest BCUT2D eigenvalue weighted by atomic mass is 19.4. The van der Waals surface area contributed by atoms with Crippen molar-refractivity contribution in [2.75, 3.05) is 6.61 Å². The van der Waals surface area contributed by atoms with E-state index >= 15 is 0 Å². The average Bonchev–Trinajstić information content (AvgIpc) is 2.09. The molecule has 0 aliphatic heterocycles. The summed E-state index contributed by atoms with van der Waals surface area (Å²) in [6.07, 6.45) is -4.77. The average molecular weight is 224 g/mol. The number of H-pyrrole nitrogens is 1. The van der Waals surface area contributed by atoms with Gasteiger partial charge in [-0.3, -0.25) is 9.36 Å². The van der Waals surface area contributed by atoms with Gasteiger partial charge in [-0.15, -0.1) is 0 Å². The summed E-state index contributed by atoms with van der Waals surface area (Å²) in [6.45, 7) is -0.847. The van der Waals surface area contributed by atoms with Crippen molar-refractivity contribution in [1.29, 1.82) is 0 Å². The zero-order chi connectivity index (χ0) is 11.6. The molecule has 0 aromatic carbocycles. The van der Waals surface area contributed by atoms with Crippen LogP contribution in [0.4, 0.5) is 13.2 Å². The van der Waals surface area contributed by atoms with Crippen molar-refractivity contribution in [2.24, 2.45) is 0 Å². The summed E-state index contributed by atoms with van der Waals surface area (Å²) in [6, 6.07) is 0.275. The Balaban J connectivity index is 3.33. The van der Waals surface area contributed by atoms with Gasteiger partial charge in [0.2, 0.25) is 0 Å². The van der Waals surface area contributed by atoms with E-state index in [1.807, 2.05) is 0 Å². The molecule has 1 heterocycles. The van der Waals surface area contributed by atoms with Gasteiger partial charge in [0.25, 0.3) is 5.56 Å². The van der Waals surface area contributed by atoms with Crippen LogP contribution in [0.15, 0.2) is 15.7 Å². The van der Waals surface area contributed by atoms with Crippen molar-refractivity contribution in [3.8, 4) is 0 Å². The van der Waals surface area contributed by atoms with Gasteiger partial charge in [-0.25, -0.2) is 4.79 Å². The molecule has 5 nitrogen and oxygen atoms in total. The lowest BCUT2D eigenvalue weighted by Crippen LogP contribution is -2.37. The molecule has 0 spiro atoms. The van der Waals surface area contributed by atoms with Crippen LogP contribution in [0.5, 0.6) is 0 Å². The minimum Gasteiger partial charge on any atom is -0.395 e. The van der Waals surface area contributed by atoms with Crippen LogP contribution >= 0.6 is 0 Å². The van der Waals surface area contributed by atoms with E-state index in [-0.39, 0.29) is 12.6 Å². The van der Waals surface area contributed by atoms with E-state index in [9.17, 15) is 22.8 Å². The lowest BCUT2D eigenvalue weighted by Gasteiger charge is -2.07. The van der Waals surface area contributed by atoms with Crippen molar-refractivity contribution >= 4 is 0 Å². The Morgan fingerprint density at radius 3 is 2.40 bits per heavy atom. The van der Waals surface area contributed by atoms with Crippen LogP contribution in [0.1, 0.15) is 5.69 Å². The maximum absolute atomic E-state index is 12.1. The Morgan fingerprint density at radius 2 is 2.00 bits per heavy atom. The third-order valence-electron chi connectivity index (χ3n) is 1.65.